The van der Waals surface area contributed by atoms with Gasteiger partial charge >= 0.3 is 0 Å². The minimum Gasteiger partial charge on any atom is -0.330 e. The van der Waals surface area contributed by atoms with Gasteiger partial charge in [0.25, 0.3) is 5.91 Å². The molecule has 4 nitrogen and oxygen atoms in total. The van der Waals surface area contributed by atoms with Gasteiger partial charge in [0.05, 0.1) is 6.42 Å². The Bertz CT molecular complexity index is 531. The molecule has 96 valence electrons. The first-order chi connectivity index (χ1) is 8.52. The van der Waals surface area contributed by atoms with Gasteiger partial charge in [-0.25, -0.2) is 13.2 Å². The molecule has 0 unspecified atom stereocenters. The van der Waals surface area contributed by atoms with Crippen molar-refractivity contribution in [1.82, 2.24) is 0 Å². The minimum atomic E-state index is -1.31. The summed E-state index contributed by atoms with van der Waals surface area (Å²) in [6, 6.07) is 0.992. The number of carbonyl (C=O) groups excluding carboxylic acids is 1. The molecule has 0 radical (unpaired) electrons. The Labute approximate surface area is 101 Å². The van der Waals surface area contributed by atoms with Crippen LogP contribution in [0.3, 0.4) is 0 Å². The Morgan fingerprint density at radius 2 is 1.89 bits per heavy atom. The molecule has 2 N–H and O–H groups in total. The van der Waals surface area contributed by atoms with Gasteiger partial charge in [0.2, 0.25) is 0 Å². The second kappa shape index (κ2) is 4.77. The fraction of sp³-hybridized carbons (Fsp3) is 0.273. The fourth-order valence-corrected chi connectivity index (χ4v) is 1.65. The monoisotopic (exact) mass is 257 g/mol. The van der Waals surface area contributed by atoms with Crippen LogP contribution in [-0.4, -0.2) is 18.2 Å². The number of hydrogen-bond donors (Lipinski definition) is 1. The van der Waals surface area contributed by atoms with Crippen molar-refractivity contribution < 1.29 is 18.0 Å². The minimum absolute atomic E-state index is 0.00956. The van der Waals surface area contributed by atoms with E-state index in [1.165, 1.54) is 0 Å². The van der Waals surface area contributed by atoms with Crippen LogP contribution in [-0.2, 0) is 4.79 Å². The van der Waals surface area contributed by atoms with Gasteiger partial charge in [-0.2, -0.15) is 10.1 Å². The molecule has 1 aliphatic heterocycles. The standard InChI is InChI=1S/C11H10F3N3O/c12-7-4-9(14)10(5-8(7)13)17-11(18)3-6(16-17)1-2-15/h4-5H,1-3,15H2. The van der Waals surface area contributed by atoms with E-state index in [4.69, 9.17) is 5.73 Å². The van der Waals surface area contributed by atoms with Crippen LogP contribution >= 0.6 is 0 Å². The molecule has 1 aliphatic rings. The Morgan fingerprint density at radius 1 is 1.22 bits per heavy atom. The lowest BCUT2D eigenvalue weighted by Crippen LogP contribution is -2.21. The van der Waals surface area contributed by atoms with E-state index >= 15 is 0 Å². The maximum absolute atomic E-state index is 13.5. The Balaban J connectivity index is 2.37. The van der Waals surface area contributed by atoms with E-state index in [0.29, 0.717) is 30.8 Å². The molecule has 0 aromatic heterocycles. The second-order valence-corrected chi connectivity index (χ2v) is 3.80. The molecule has 1 heterocycles. The van der Waals surface area contributed by atoms with Crippen LogP contribution < -0.4 is 10.7 Å². The first-order valence-electron chi connectivity index (χ1n) is 5.27. The highest BCUT2D eigenvalue weighted by molar-refractivity contribution is 6.13. The molecule has 0 atom stereocenters. The third-order valence-electron chi connectivity index (χ3n) is 2.48. The summed E-state index contributed by atoms with van der Waals surface area (Å²) in [4.78, 5) is 11.6. The molecule has 0 aliphatic carbocycles. The number of rotatable bonds is 3. The number of hydrogen-bond acceptors (Lipinski definition) is 3. The summed E-state index contributed by atoms with van der Waals surface area (Å²) in [7, 11) is 0. The van der Waals surface area contributed by atoms with Gasteiger partial charge in [-0.15, -0.1) is 0 Å². The van der Waals surface area contributed by atoms with Crippen molar-refractivity contribution in [3.8, 4) is 0 Å². The zero-order valence-electron chi connectivity index (χ0n) is 9.29. The predicted octanol–water partition coefficient (Wildman–Crippen LogP) is 1.55. The zero-order chi connectivity index (χ0) is 13.3. The van der Waals surface area contributed by atoms with Gasteiger partial charge in [0.1, 0.15) is 5.69 Å². The molecule has 0 bridgehead atoms. The molecular weight excluding hydrogens is 247 g/mol. The SMILES string of the molecule is NCCC1=NN(c2cc(F)c(F)cc2F)C(=O)C1. The van der Waals surface area contributed by atoms with Crippen molar-refractivity contribution in [1.29, 1.82) is 0 Å². The molecule has 1 aromatic carbocycles. The first-order valence-corrected chi connectivity index (χ1v) is 5.27. The second-order valence-electron chi connectivity index (χ2n) is 3.80. The molecule has 1 aromatic rings. The number of amides is 1. The number of nitrogens with zero attached hydrogens (tertiary/aromatic N) is 2. The van der Waals surface area contributed by atoms with Crippen LogP contribution in [0.5, 0.6) is 0 Å². The van der Waals surface area contributed by atoms with E-state index in [9.17, 15) is 18.0 Å². The Morgan fingerprint density at radius 3 is 2.56 bits per heavy atom. The van der Waals surface area contributed by atoms with Crippen molar-refractivity contribution in [3.05, 3.63) is 29.6 Å². The van der Waals surface area contributed by atoms with Crippen LogP contribution in [0.15, 0.2) is 17.2 Å². The summed E-state index contributed by atoms with van der Waals surface area (Å²) in [6.45, 7) is 0.306. The van der Waals surface area contributed by atoms with E-state index in [0.717, 1.165) is 5.01 Å². The summed E-state index contributed by atoms with van der Waals surface area (Å²) in [5.74, 6) is -4.08. The number of hydrazone groups is 1. The van der Waals surface area contributed by atoms with E-state index in [2.05, 4.69) is 5.10 Å². The number of halogens is 3. The van der Waals surface area contributed by atoms with Crippen molar-refractivity contribution in [2.75, 3.05) is 11.6 Å². The number of nitrogens with two attached hydrogens (primary N) is 1. The quantitative estimate of drug-likeness (QED) is 0.835. The number of carbonyl (C=O) groups is 1. The average molecular weight is 257 g/mol. The third kappa shape index (κ3) is 2.21. The lowest BCUT2D eigenvalue weighted by atomic mass is 10.2. The van der Waals surface area contributed by atoms with Gasteiger partial charge in [-0.3, -0.25) is 4.79 Å². The normalized spacial score (nSPS) is 15.2. The van der Waals surface area contributed by atoms with Gasteiger partial charge in [0.15, 0.2) is 17.5 Å². The molecule has 0 saturated heterocycles. The highest BCUT2D eigenvalue weighted by Gasteiger charge is 2.27. The van der Waals surface area contributed by atoms with E-state index in [1.807, 2.05) is 0 Å². The molecule has 18 heavy (non-hydrogen) atoms. The van der Waals surface area contributed by atoms with Crippen molar-refractivity contribution in [2.45, 2.75) is 12.8 Å². The topological polar surface area (TPSA) is 58.7 Å². The van der Waals surface area contributed by atoms with Gasteiger partial charge in [0, 0.05) is 24.3 Å². The maximum atomic E-state index is 13.5. The smallest absolute Gasteiger partial charge is 0.253 e. The fourth-order valence-electron chi connectivity index (χ4n) is 1.65. The van der Waals surface area contributed by atoms with Crippen LogP contribution in [0.2, 0.25) is 0 Å². The van der Waals surface area contributed by atoms with E-state index in [1.54, 1.807) is 0 Å². The highest BCUT2D eigenvalue weighted by Crippen LogP contribution is 2.26. The Kier molecular flexibility index (Phi) is 3.33. The van der Waals surface area contributed by atoms with Crippen molar-refractivity contribution in [2.24, 2.45) is 10.8 Å². The molecule has 0 fully saturated rings. The molecule has 7 heteroatoms. The summed E-state index contributed by atoms with van der Waals surface area (Å²) < 4.78 is 39.3. The molecule has 0 spiro atoms. The number of anilines is 1. The first kappa shape index (κ1) is 12.6. The highest BCUT2D eigenvalue weighted by atomic mass is 19.2. The van der Waals surface area contributed by atoms with Gasteiger partial charge in [-0.1, -0.05) is 0 Å². The summed E-state index contributed by atoms with van der Waals surface area (Å²) in [5, 5.41) is 4.59. The van der Waals surface area contributed by atoms with Crippen LogP contribution in [0, 0.1) is 17.5 Å². The average Bonchev–Trinajstić information content (AvgIpc) is 2.65. The lowest BCUT2D eigenvalue weighted by Gasteiger charge is -2.12. The van der Waals surface area contributed by atoms with Gasteiger partial charge in [-0.05, 0) is 6.54 Å². The van der Waals surface area contributed by atoms with Crippen molar-refractivity contribution >= 4 is 17.3 Å². The zero-order valence-corrected chi connectivity index (χ0v) is 9.29. The summed E-state index contributed by atoms with van der Waals surface area (Å²) in [6.07, 6.45) is 0.406. The molecule has 2 rings (SSSR count). The van der Waals surface area contributed by atoms with Crippen LogP contribution in [0.4, 0.5) is 18.9 Å². The summed E-state index contributed by atoms with van der Waals surface area (Å²) >= 11 is 0. The molecular formula is C11H10F3N3O. The number of benzene rings is 1. The third-order valence-corrected chi connectivity index (χ3v) is 2.48. The Hall–Kier alpha value is -1.89. The summed E-state index contributed by atoms with van der Waals surface area (Å²) in [5.41, 5.74) is 5.41. The van der Waals surface area contributed by atoms with Crippen LogP contribution in [0.25, 0.3) is 0 Å². The van der Waals surface area contributed by atoms with E-state index < -0.39 is 29.0 Å². The van der Waals surface area contributed by atoms with Crippen LogP contribution in [0.1, 0.15) is 12.8 Å². The molecule has 1 amide bonds. The molecule has 0 saturated carbocycles. The lowest BCUT2D eigenvalue weighted by molar-refractivity contribution is -0.116. The maximum Gasteiger partial charge on any atom is 0.253 e. The van der Waals surface area contributed by atoms with Gasteiger partial charge < -0.3 is 5.73 Å². The van der Waals surface area contributed by atoms with E-state index in [-0.39, 0.29) is 6.42 Å². The largest absolute Gasteiger partial charge is 0.330 e. The van der Waals surface area contributed by atoms with Crippen molar-refractivity contribution in [3.63, 3.8) is 0 Å². The predicted molar refractivity (Wildman–Crippen MR) is 59.5 cm³/mol.